The SMILES string of the molecule is CCc1occc1-c1nnc(CCCNC)s1. The fourth-order valence-corrected chi connectivity index (χ4v) is 2.61. The minimum absolute atomic E-state index is 0.886. The van der Waals surface area contributed by atoms with Crippen LogP contribution in [0.3, 0.4) is 0 Å². The number of nitrogens with one attached hydrogen (secondary N) is 1. The second kappa shape index (κ2) is 5.93. The van der Waals surface area contributed by atoms with Gasteiger partial charge in [-0.05, 0) is 26.1 Å². The highest BCUT2D eigenvalue weighted by Gasteiger charge is 2.12. The normalized spacial score (nSPS) is 10.9. The Morgan fingerprint density at radius 3 is 3.06 bits per heavy atom. The standard InChI is InChI=1S/C12H17N3OS/c1-3-10-9(6-8-16-10)12-15-14-11(17-12)5-4-7-13-2/h6,8,13H,3-5,7H2,1-2H3. The van der Waals surface area contributed by atoms with E-state index >= 15 is 0 Å². The second-order valence-corrected chi connectivity index (χ2v) is 4.88. The molecule has 2 rings (SSSR count). The van der Waals surface area contributed by atoms with Crippen molar-refractivity contribution >= 4 is 11.3 Å². The Balaban J connectivity index is 2.07. The molecule has 1 N–H and O–H groups in total. The Kier molecular flexibility index (Phi) is 4.28. The molecular formula is C12H17N3OS. The first-order chi connectivity index (χ1) is 8.35. The van der Waals surface area contributed by atoms with E-state index < -0.39 is 0 Å². The molecular weight excluding hydrogens is 234 g/mol. The lowest BCUT2D eigenvalue weighted by Crippen LogP contribution is -2.08. The quantitative estimate of drug-likeness (QED) is 0.801. The summed E-state index contributed by atoms with van der Waals surface area (Å²) in [6, 6.07) is 1.97. The fourth-order valence-electron chi connectivity index (χ4n) is 1.68. The molecule has 0 aliphatic heterocycles. The lowest BCUT2D eigenvalue weighted by molar-refractivity contribution is 0.517. The molecule has 4 nitrogen and oxygen atoms in total. The van der Waals surface area contributed by atoms with E-state index in [-0.39, 0.29) is 0 Å². The van der Waals surface area contributed by atoms with Crippen LogP contribution in [-0.2, 0) is 12.8 Å². The lowest BCUT2D eigenvalue weighted by Gasteiger charge is -1.95. The van der Waals surface area contributed by atoms with Crippen molar-refractivity contribution in [3.63, 3.8) is 0 Å². The molecule has 92 valence electrons. The van der Waals surface area contributed by atoms with Gasteiger partial charge < -0.3 is 9.73 Å². The summed E-state index contributed by atoms with van der Waals surface area (Å²) >= 11 is 1.66. The zero-order valence-electron chi connectivity index (χ0n) is 10.2. The molecule has 0 spiro atoms. The maximum Gasteiger partial charge on any atom is 0.151 e. The molecule has 5 heteroatoms. The van der Waals surface area contributed by atoms with E-state index in [1.807, 2.05) is 13.1 Å². The highest BCUT2D eigenvalue weighted by molar-refractivity contribution is 7.14. The molecule has 0 unspecified atom stereocenters. The molecule has 2 aromatic heterocycles. The molecule has 0 aromatic carbocycles. The van der Waals surface area contributed by atoms with E-state index in [9.17, 15) is 0 Å². The third-order valence-electron chi connectivity index (χ3n) is 2.58. The van der Waals surface area contributed by atoms with E-state index in [4.69, 9.17) is 4.42 Å². The number of hydrogen-bond donors (Lipinski definition) is 1. The van der Waals surface area contributed by atoms with Crippen molar-refractivity contribution < 1.29 is 4.42 Å². The van der Waals surface area contributed by atoms with E-state index in [2.05, 4.69) is 22.4 Å². The van der Waals surface area contributed by atoms with Gasteiger partial charge in [-0.1, -0.05) is 18.3 Å². The zero-order chi connectivity index (χ0) is 12.1. The van der Waals surface area contributed by atoms with Crippen molar-refractivity contribution in [2.24, 2.45) is 0 Å². The Morgan fingerprint density at radius 2 is 2.29 bits per heavy atom. The summed E-state index contributed by atoms with van der Waals surface area (Å²) in [7, 11) is 1.96. The number of furan rings is 1. The van der Waals surface area contributed by atoms with Crippen LogP contribution in [0.2, 0.25) is 0 Å². The minimum atomic E-state index is 0.886. The average Bonchev–Trinajstić information content (AvgIpc) is 2.96. The average molecular weight is 251 g/mol. The van der Waals surface area contributed by atoms with Gasteiger partial charge in [0.1, 0.15) is 10.8 Å². The Bertz CT molecular complexity index is 464. The van der Waals surface area contributed by atoms with E-state index in [1.165, 1.54) is 0 Å². The van der Waals surface area contributed by atoms with Crippen molar-refractivity contribution in [2.75, 3.05) is 13.6 Å². The summed E-state index contributed by atoms with van der Waals surface area (Å²) in [5.41, 5.74) is 1.09. The second-order valence-electron chi connectivity index (χ2n) is 3.82. The van der Waals surface area contributed by atoms with Crippen molar-refractivity contribution in [3.8, 4) is 10.6 Å². The molecule has 0 radical (unpaired) electrons. The van der Waals surface area contributed by atoms with Crippen molar-refractivity contribution in [3.05, 3.63) is 23.1 Å². The summed E-state index contributed by atoms with van der Waals surface area (Å²) in [4.78, 5) is 0. The largest absolute Gasteiger partial charge is 0.469 e. The molecule has 0 bridgehead atoms. The summed E-state index contributed by atoms with van der Waals surface area (Å²) in [6.45, 7) is 3.10. The van der Waals surface area contributed by atoms with Gasteiger partial charge in [-0.3, -0.25) is 0 Å². The van der Waals surface area contributed by atoms with E-state index in [0.29, 0.717) is 0 Å². The molecule has 17 heavy (non-hydrogen) atoms. The first-order valence-electron chi connectivity index (χ1n) is 5.89. The maximum atomic E-state index is 5.40. The predicted octanol–water partition coefficient (Wildman–Crippen LogP) is 2.51. The smallest absolute Gasteiger partial charge is 0.151 e. The van der Waals surface area contributed by atoms with Gasteiger partial charge in [0, 0.05) is 12.8 Å². The molecule has 0 atom stereocenters. The highest BCUT2D eigenvalue weighted by atomic mass is 32.1. The third kappa shape index (κ3) is 2.92. The highest BCUT2D eigenvalue weighted by Crippen LogP contribution is 2.28. The van der Waals surface area contributed by atoms with Gasteiger partial charge in [0.25, 0.3) is 0 Å². The van der Waals surface area contributed by atoms with Crippen LogP contribution in [-0.4, -0.2) is 23.8 Å². The van der Waals surface area contributed by atoms with Crippen LogP contribution in [0.15, 0.2) is 16.7 Å². The Morgan fingerprint density at radius 1 is 1.41 bits per heavy atom. The maximum absolute atomic E-state index is 5.40. The van der Waals surface area contributed by atoms with Crippen molar-refractivity contribution in [1.29, 1.82) is 0 Å². The number of hydrogen-bond acceptors (Lipinski definition) is 5. The van der Waals surface area contributed by atoms with Gasteiger partial charge in [0.15, 0.2) is 5.01 Å². The summed E-state index contributed by atoms with van der Waals surface area (Å²) in [6.07, 6.45) is 4.68. The first kappa shape index (κ1) is 12.3. The van der Waals surface area contributed by atoms with Crippen LogP contribution in [0.5, 0.6) is 0 Å². The van der Waals surface area contributed by atoms with Gasteiger partial charge in [0.2, 0.25) is 0 Å². The van der Waals surface area contributed by atoms with Crippen LogP contribution in [0, 0.1) is 0 Å². The van der Waals surface area contributed by atoms with Gasteiger partial charge >= 0.3 is 0 Å². The molecule has 0 fully saturated rings. The molecule has 0 aliphatic carbocycles. The molecule has 0 saturated carbocycles. The van der Waals surface area contributed by atoms with Crippen LogP contribution < -0.4 is 5.32 Å². The first-order valence-corrected chi connectivity index (χ1v) is 6.70. The third-order valence-corrected chi connectivity index (χ3v) is 3.60. The van der Waals surface area contributed by atoms with Crippen LogP contribution >= 0.6 is 11.3 Å². The van der Waals surface area contributed by atoms with Gasteiger partial charge in [-0.2, -0.15) is 0 Å². The molecule has 2 aromatic rings. The number of aromatic nitrogens is 2. The molecule has 0 saturated heterocycles. The monoisotopic (exact) mass is 251 g/mol. The van der Waals surface area contributed by atoms with Gasteiger partial charge in [-0.15, -0.1) is 10.2 Å². The summed E-state index contributed by atoms with van der Waals surface area (Å²) in [5.74, 6) is 0.989. The lowest BCUT2D eigenvalue weighted by atomic mass is 10.2. The molecule has 0 amide bonds. The summed E-state index contributed by atoms with van der Waals surface area (Å²) in [5, 5.41) is 13.6. The predicted molar refractivity (Wildman–Crippen MR) is 69.2 cm³/mol. The number of aryl methyl sites for hydroxylation is 2. The van der Waals surface area contributed by atoms with Crippen LogP contribution in [0.4, 0.5) is 0 Å². The van der Waals surface area contributed by atoms with Crippen LogP contribution in [0.25, 0.3) is 10.6 Å². The number of nitrogens with zero attached hydrogens (tertiary/aromatic N) is 2. The van der Waals surface area contributed by atoms with Gasteiger partial charge in [-0.25, -0.2) is 0 Å². The van der Waals surface area contributed by atoms with Crippen molar-refractivity contribution in [1.82, 2.24) is 15.5 Å². The fraction of sp³-hybridized carbons (Fsp3) is 0.500. The summed E-state index contributed by atoms with van der Waals surface area (Å²) < 4.78 is 5.40. The van der Waals surface area contributed by atoms with Gasteiger partial charge in [0.05, 0.1) is 11.8 Å². The van der Waals surface area contributed by atoms with Crippen LogP contribution in [0.1, 0.15) is 24.1 Å². The Hall–Kier alpha value is -1.20. The topological polar surface area (TPSA) is 51.0 Å². The van der Waals surface area contributed by atoms with E-state index in [0.717, 1.165) is 47.1 Å². The zero-order valence-corrected chi connectivity index (χ0v) is 11.0. The molecule has 2 heterocycles. The molecule has 0 aliphatic rings. The van der Waals surface area contributed by atoms with Crippen molar-refractivity contribution in [2.45, 2.75) is 26.2 Å². The Labute approximate surface area is 105 Å². The minimum Gasteiger partial charge on any atom is -0.469 e. The number of rotatable bonds is 6. The van der Waals surface area contributed by atoms with E-state index in [1.54, 1.807) is 17.6 Å².